The van der Waals surface area contributed by atoms with Gasteiger partial charge in [-0.15, -0.1) is 0 Å². The number of nitrogens with one attached hydrogen (secondary N) is 1. The van der Waals surface area contributed by atoms with Crippen LogP contribution in [0.5, 0.6) is 0 Å². The van der Waals surface area contributed by atoms with E-state index in [9.17, 15) is 9.59 Å². The molecule has 3 aromatic rings. The van der Waals surface area contributed by atoms with Crippen LogP contribution in [0, 0.1) is 13.8 Å². The van der Waals surface area contributed by atoms with Crippen LogP contribution >= 0.6 is 0 Å². The molecule has 4 heterocycles. The van der Waals surface area contributed by atoms with Gasteiger partial charge < -0.3 is 4.90 Å². The first-order chi connectivity index (χ1) is 14.4. The van der Waals surface area contributed by atoms with E-state index < -0.39 is 0 Å². The standard InChI is InChI=1S/C22H30N6O2/c1-4-18-12-22(30)28-20(23-18)13-19(25-28)17-7-5-9-26(14-17)21(29)8-6-10-27-16(3)11-15(2)24-27/h11-13,17,25H,4-10,14H2,1-3H3. The molecule has 1 fully saturated rings. The van der Waals surface area contributed by atoms with Crippen molar-refractivity contribution in [3.05, 3.63) is 51.3 Å². The molecule has 0 spiro atoms. The number of hydrogen-bond acceptors (Lipinski definition) is 4. The average Bonchev–Trinajstić information content (AvgIpc) is 3.31. The first kappa shape index (κ1) is 20.4. The number of aromatic nitrogens is 5. The third-order valence-electron chi connectivity index (χ3n) is 5.96. The number of H-pyrrole nitrogens is 1. The molecule has 0 aromatic carbocycles. The average molecular weight is 411 g/mol. The molecule has 1 aliphatic rings. The predicted octanol–water partition coefficient (Wildman–Crippen LogP) is 2.58. The minimum atomic E-state index is -0.0870. The van der Waals surface area contributed by atoms with Gasteiger partial charge in [0.25, 0.3) is 5.56 Å². The lowest BCUT2D eigenvalue weighted by molar-refractivity contribution is -0.132. The number of piperidine rings is 1. The van der Waals surface area contributed by atoms with Gasteiger partial charge in [-0.05, 0) is 45.6 Å². The molecule has 1 amide bonds. The number of rotatable bonds is 6. The lowest BCUT2D eigenvalue weighted by Crippen LogP contribution is -2.39. The molecule has 1 aliphatic heterocycles. The molecule has 8 nitrogen and oxygen atoms in total. The number of hydrogen-bond donors (Lipinski definition) is 1. The van der Waals surface area contributed by atoms with Gasteiger partial charge in [0.15, 0.2) is 5.65 Å². The zero-order valence-electron chi connectivity index (χ0n) is 18.0. The van der Waals surface area contributed by atoms with E-state index in [1.807, 2.05) is 36.4 Å². The summed E-state index contributed by atoms with van der Waals surface area (Å²) in [6.07, 6.45) is 4.01. The molecule has 1 unspecified atom stereocenters. The Morgan fingerprint density at radius 2 is 2.10 bits per heavy atom. The summed E-state index contributed by atoms with van der Waals surface area (Å²) in [5, 5.41) is 7.67. The van der Waals surface area contributed by atoms with Crippen molar-refractivity contribution in [2.75, 3.05) is 13.1 Å². The van der Waals surface area contributed by atoms with Gasteiger partial charge >= 0.3 is 0 Å². The zero-order chi connectivity index (χ0) is 21.3. The second-order valence-corrected chi connectivity index (χ2v) is 8.28. The Hall–Kier alpha value is -2.90. The number of carbonyl (C=O) groups is 1. The maximum absolute atomic E-state index is 12.8. The van der Waals surface area contributed by atoms with Gasteiger partial charge in [0.1, 0.15) is 0 Å². The molecule has 8 heteroatoms. The van der Waals surface area contributed by atoms with Crippen molar-refractivity contribution in [2.45, 2.75) is 65.3 Å². The van der Waals surface area contributed by atoms with Crippen molar-refractivity contribution in [3.63, 3.8) is 0 Å². The minimum Gasteiger partial charge on any atom is -0.342 e. The lowest BCUT2D eigenvalue weighted by Gasteiger charge is -2.32. The third-order valence-corrected chi connectivity index (χ3v) is 5.96. The first-order valence-electron chi connectivity index (χ1n) is 10.8. The van der Waals surface area contributed by atoms with Crippen molar-refractivity contribution < 1.29 is 4.79 Å². The van der Waals surface area contributed by atoms with Crippen LogP contribution in [0.15, 0.2) is 23.0 Å². The molecule has 4 rings (SSSR count). The molecule has 1 atom stereocenters. The van der Waals surface area contributed by atoms with Gasteiger partial charge in [-0.2, -0.15) is 5.10 Å². The molecular formula is C22H30N6O2. The van der Waals surface area contributed by atoms with E-state index in [1.54, 1.807) is 6.07 Å². The molecule has 0 radical (unpaired) electrons. The summed E-state index contributed by atoms with van der Waals surface area (Å²) in [5.74, 6) is 0.394. The van der Waals surface area contributed by atoms with E-state index in [-0.39, 0.29) is 17.4 Å². The second-order valence-electron chi connectivity index (χ2n) is 8.28. The molecule has 1 saturated heterocycles. The van der Waals surface area contributed by atoms with E-state index in [2.05, 4.69) is 21.2 Å². The second kappa shape index (κ2) is 8.45. The fourth-order valence-electron chi connectivity index (χ4n) is 4.35. The Morgan fingerprint density at radius 3 is 2.83 bits per heavy atom. The van der Waals surface area contributed by atoms with Gasteiger partial charge in [-0.25, -0.2) is 9.50 Å². The number of likely N-dealkylation sites (tertiary alicyclic amines) is 1. The van der Waals surface area contributed by atoms with Crippen LogP contribution in [0.2, 0.25) is 0 Å². The highest BCUT2D eigenvalue weighted by Crippen LogP contribution is 2.27. The van der Waals surface area contributed by atoms with Gasteiger partial charge in [0, 0.05) is 61.2 Å². The summed E-state index contributed by atoms with van der Waals surface area (Å²) in [7, 11) is 0. The third kappa shape index (κ3) is 4.17. The van der Waals surface area contributed by atoms with Gasteiger partial charge in [-0.3, -0.25) is 19.4 Å². The Bertz CT molecular complexity index is 1110. The van der Waals surface area contributed by atoms with Crippen molar-refractivity contribution in [3.8, 4) is 0 Å². The number of nitrogens with zero attached hydrogens (tertiary/aromatic N) is 5. The van der Waals surface area contributed by atoms with E-state index >= 15 is 0 Å². The first-order valence-corrected chi connectivity index (χ1v) is 10.8. The summed E-state index contributed by atoms with van der Waals surface area (Å²) in [6.45, 7) is 8.26. The number of amides is 1. The molecule has 0 bridgehead atoms. The van der Waals surface area contributed by atoms with Crippen molar-refractivity contribution in [2.24, 2.45) is 0 Å². The number of aryl methyl sites for hydroxylation is 4. The lowest BCUT2D eigenvalue weighted by atomic mass is 9.94. The molecule has 0 saturated carbocycles. The quantitative estimate of drug-likeness (QED) is 0.677. The van der Waals surface area contributed by atoms with E-state index in [1.165, 1.54) is 4.52 Å². The van der Waals surface area contributed by atoms with Crippen LogP contribution in [0.4, 0.5) is 0 Å². The number of aromatic amines is 1. The highest BCUT2D eigenvalue weighted by atomic mass is 16.2. The van der Waals surface area contributed by atoms with Crippen molar-refractivity contribution in [1.82, 2.24) is 29.3 Å². The summed E-state index contributed by atoms with van der Waals surface area (Å²) in [4.78, 5) is 31.6. The molecule has 30 heavy (non-hydrogen) atoms. The summed E-state index contributed by atoms with van der Waals surface area (Å²) >= 11 is 0. The maximum Gasteiger partial charge on any atom is 0.272 e. The van der Waals surface area contributed by atoms with Crippen LogP contribution in [-0.4, -0.2) is 48.3 Å². The topological polar surface area (TPSA) is 88.3 Å². The fraction of sp³-hybridized carbons (Fsp3) is 0.545. The predicted molar refractivity (Wildman–Crippen MR) is 115 cm³/mol. The van der Waals surface area contributed by atoms with Crippen LogP contribution in [-0.2, 0) is 17.8 Å². The van der Waals surface area contributed by atoms with E-state index in [4.69, 9.17) is 0 Å². The van der Waals surface area contributed by atoms with E-state index in [0.717, 1.165) is 61.5 Å². The van der Waals surface area contributed by atoms with E-state index in [0.29, 0.717) is 18.6 Å². The minimum absolute atomic E-state index is 0.0870. The molecule has 3 aromatic heterocycles. The Kier molecular flexibility index (Phi) is 5.74. The number of fused-ring (bicyclic) bond motifs is 1. The van der Waals surface area contributed by atoms with Crippen molar-refractivity contribution in [1.29, 1.82) is 0 Å². The van der Waals surface area contributed by atoms with Gasteiger partial charge in [0.05, 0.1) is 5.69 Å². The van der Waals surface area contributed by atoms with Gasteiger partial charge in [-0.1, -0.05) is 6.92 Å². The van der Waals surface area contributed by atoms with Crippen LogP contribution in [0.1, 0.15) is 61.3 Å². The van der Waals surface area contributed by atoms with Crippen LogP contribution in [0.3, 0.4) is 0 Å². The summed E-state index contributed by atoms with van der Waals surface area (Å²) in [6, 6.07) is 5.59. The summed E-state index contributed by atoms with van der Waals surface area (Å²) in [5.41, 5.74) is 4.49. The van der Waals surface area contributed by atoms with Gasteiger partial charge in [0.2, 0.25) is 5.91 Å². The normalized spacial score (nSPS) is 17.0. The summed E-state index contributed by atoms with van der Waals surface area (Å²) < 4.78 is 3.48. The van der Waals surface area contributed by atoms with Crippen molar-refractivity contribution >= 4 is 11.6 Å². The zero-order valence-corrected chi connectivity index (χ0v) is 18.0. The number of carbonyl (C=O) groups excluding carboxylic acids is 1. The molecule has 1 N–H and O–H groups in total. The Labute approximate surface area is 175 Å². The monoisotopic (exact) mass is 410 g/mol. The smallest absolute Gasteiger partial charge is 0.272 e. The Balaban J connectivity index is 1.39. The fourth-order valence-corrected chi connectivity index (χ4v) is 4.35. The highest BCUT2D eigenvalue weighted by Gasteiger charge is 2.26. The highest BCUT2D eigenvalue weighted by molar-refractivity contribution is 5.76. The molecule has 160 valence electrons. The molecular weight excluding hydrogens is 380 g/mol. The SMILES string of the molecule is CCc1cc(=O)n2[nH]c(C3CCCN(C(=O)CCCn4nc(C)cc4C)C3)cc2n1. The maximum atomic E-state index is 12.8. The molecule has 0 aliphatic carbocycles. The van der Waals surface area contributed by atoms with Crippen LogP contribution in [0.25, 0.3) is 5.65 Å². The van der Waals surface area contributed by atoms with Crippen LogP contribution < -0.4 is 5.56 Å². The Morgan fingerprint density at radius 1 is 1.27 bits per heavy atom. The largest absolute Gasteiger partial charge is 0.342 e.